The van der Waals surface area contributed by atoms with Crippen molar-refractivity contribution in [3.05, 3.63) is 40.9 Å². The molecule has 1 aliphatic heterocycles. The number of benzene rings is 1. The van der Waals surface area contributed by atoms with Gasteiger partial charge in [0.25, 0.3) is 0 Å². The van der Waals surface area contributed by atoms with Crippen molar-refractivity contribution in [2.24, 2.45) is 4.99 Å². The smallest absolute Gasteiger partial charge is 0.209 e. The van der Waals surface area contributed by atoms with E-state index in [0.717, 1.165) is 10.6 Å². The van der Waals surface area contributed by atoms with E-state index in [-0.39, 0.29) is 5.54 Å². The van der Waals surface area contributed by atoms with Gasteiger partial charge in [-0.15, -0.1) is 0 Å². The van der Waals surface area contributed by atoms with Crippen molar-refractivity contribution in [3.63, 3.8) is 0 Å². The van der Waals surface area contributed by atoms with E-state index in [1.807, 2.05) is 36.4 Å². The summed E-state index contributed by atoms with van der Waals surface area (Å²) < 4.78 is 5.45. The van der Waals surface area contributed by atoms with E-state index < -0.39 is 0 Å². The molecule has 0 aromatic heterocycles. The van der Waals surface area contributed by atoms with Gasteiger partial charge >= 0.3 is 0 Å². The minimum atomic E-state index is -0.0976. The van der Waals surface area contributed by atoms with Crippen LogP contribution in [0.4, 0.5) is 0 Å². The van der Waals surface area contributed by atoms with Crippen molar-refractivity contribution in [2.75, 3.05) is 6.61 Å². The maximum Gasteiger partial charge on any atom is 0.209 e. The molecular weight excluding hydrogens is 222 g/mol. The van der Waals surface area contributed by atoms with Crippen molar-refractivity contribution in [2.45, 2.75) is 19.4 Å². The van der Waals surface area contributed by atoms with Gasteiger partial charge in [0.05, 0.1) is 5.54 Å². The van der Waals surface area contributed by atoms with Gasteiger partial charge in [-0.2, -0.15) is 0 Å². The molecule has 16 heavy (non-hydrogen) atoms. The van der Waals surface area contributed by atoms with Crippen molar-refractivity contribution in [1.29, 1.82) is 0 Å². The van der Waals surface area contributed by atoms with Crippen LogP contribution in [0.3, 0.4) is 0 Å². The third-order valence-electron chi connectivity index (χ3n) is 2.27. The van der Waals surface area contributed by atoms with Crippen LogP contribution in [0.2, 0.25) is 5.02 Å². The molecular formula is C13H14ClNO. The van der Waals surface area contributed by atoms with Crippen LogP contribution in [0.1, 0.15) is 19.4 Å². The molecule has 0 atom stereocenters. The van der Waals surface area contributed by atoms with Gasteiger partial charge in [0.1, 0.15) is 6.61 Å². The summed E-state index contributed by atoms with van der Waals surface area (Å²) in [7, 11) is 0. The molecule has 0 bridgehead atoms. The Bertz CT molecular complexity index is 432. The summed E-state index contributed by atoms with van der Waals surface area (Å²) in [6.07, 6.45) is 3.86. The molecule has 84 valence electrons. The van der Waals surface area contributed by atoms with Crippen molar-refractivity contribution in [3.8, 4) is 0 Å². The average Bonchev–Trinajstić information content (AvgIpc) is 2.58. The number of hydrogen-bond acceptors (Lipinski definition) is 2. The van der Waals surface area contributed by atoms with Crippen LogP contribution in [0.5, 0.6) is 0 Å². The molecule has 2 rings (SSSR count). The quantitative estimate of drug-likeness (QED) is 0.768. The summed E-state index contributed by atoms with van der Waals surface area (Å²) in [5.74, 6) is 0.694. The molecule has 3 heteroatoms. The van der Waals surface area contributed by atoms with Gasteiger partial charge in [-0.1, -0.05) is 23.7 Å². The second kappa shape index (κ2) is 4.30. The highest BCUT2D eigenvalue weighted by molar-refractivity contribution is 6.30. The first kappa shape index (κ1) is 11.2. The highest BCUT2D eigenvalue weighted by Crippen LogP contribution is 2.18. The normalized spacial score (nSPS) is 18.6. The van der Waals surface area contributed by atoms with Gasteiger partial charge in [0.15, 0.2) is 0 Å². The molecule has 1 aromatic carbocycles. The third-order valence-corrected chi connectivity index (χ3v) is 2.53. The van der Waals surface area contributed by atoms with E-state index in [4.69, 9.17) is 16.3 Å². The molecule has 1 heterocycles. The topological polar surface area (TPSA) is 21.6 Å². The largest absolute Gasteiger partial charge is 0.475 e. The SMILES string of the molecule is CC1(C)COC(/C=C\c2ccc(Cl)cc2)=N1. The van der Waals surface area contributed by atoms with Crippen LogP contribution >= 0.6 is 11.6 Å². The monoisotopic (exact) mass is 235 g/mol. The van der Waals surface area contributed by atoms with Gasteiger partial charge in [0, 0.05) is 11.1 Å². The number of rotatable bonds is 2. The average molecular weight is 236 g/mol. The standard InChI is InChI=1S/C13H14ClNO/c1-13(2)9-16-12(15-13)8-5-10-3-6-11(14)7-4-10/h3-8H,9H2,1-2H3/b8-5-. The maximum atomic E-state index is 5.80. The van der Waals surface area contributed by atoms with E-state index in [9.17, 15) is 0 Å². The van der Waals surface area contributed by atoms with E-state index >= 15 is 0 Å². The van der Waals surface area contributed by atoms with Crippen LogP contribution in [-0.2, 0) is 4.74 Å². The Labute approximate surface area is 101 Å². The number of aliphatic imine (C=N–C) groups is 1. The summed E-state index contributed by atoms with van der Waals surface area (Å²) in [4.78, 5) is 4.43. The molecule has 0 saturated carbocycles. The Balaban J connectivity index is 2.08. The molecule has 2 nitrogen and oxygen atoms in total. The van der Waals surface area contributed by atoms with Crippen molar-refractivity contribution >= 4 is 23.6 Å². The first-order valence-electron chi connectivity index (χ1n) is 5.21. The van der Waals surface area contributed by atoms with E-state index in [2.05, 4.69) is 18.8 Å². The lowest BCUT2D eigenvalue weighted by Crippen LogP contribution is -2.17. The van der Waals surface area contributed by atoms with Gasteiger partial charge in [0.2, 0.25) is 5.90 Å². The molecule has 0 radical (unpaired) electrons. The Morgan fingerprint density at radius 3 is 2.50 bits per heavy atom. The van der Waals surface area contributed by atoms with Gasteiger partial charge in [-0.25, -0.2) is 4.99 Å². The summed E-state index contributed by atoms with van der Waals surface area (Å²) >= 11 is 5.80. The third kappa shape index (κ3) is 2.86. The minimum absolute atomic E-state index is 0.0976. The number of ether oxygens (including phenoxy) is 1. The Hall–Kier alpha value is -1.28. The van der Waals surface area contributed by atoms with Gasteiger partial charge < -0.3 is 4.74 Å². The molecule has 1 aliphatic rings. The van der Waals surface area contributed by atoms with Crippen LogP contribution < -0.4 is 0 Å². The van der Waals surface area contributed by atoms with Gasteiger partial charge in [-0.05, 0) is 37.6 Å². The zero-order valence-electron chi connectivity index (χ0n) is 9.40. The molecule has 0 unspecified atom stereocenters. The van der Waals surface area contributed by atoms with Crippen LogP contribution in [-0.4, -0.2) is 18.0 Å². The maximum absolute atomic E-state index is 5.80. The van der Waals surface area contributed by atoms with E-state index in [0.29, 0.717) is 12.5 Å². The summed E-state index contributed by atoms with van der Waals surface area (Å²) in [5.41, 5.74) is 0.986. The minimum Gasteiger partial charge on any atom is -0.475 e. The lowest BCUT2D eigenvalue weighted by molar-refractivity contribution is 0.280. The molecule has 0 N–H and O–H groups in total. The number of nitrogens with zero attached hydrogens (tertiary/aromatic N) is 1. The molecule has 1 aromatic rings. The van der Waals surface area contributed by atoms with Crippen LogP contribution in [0, 0.1) is 0 Å². The fourth-order valence-electron chi connectivity index (χ4n) is 1.44. The van der Waals surface area contributed by atoms with E-state index in [1.54, 1.807) is 0 Å². The Kier molecular flexibility index (Phi) is 3.01. The molecule has 0 amide bonds. The van der Waals surface area contributed by atoms with Crippen LogP contribution in [0.15, 0.2) is 35.3 Å². The number of halogens is 1. The predicted molar refractivity (Wildman–Crippen MR) is 68.0 cm³/mol. The van der Waals surface area contributed by atoms with Crippen LogP contribution in [0.25, 0.3) is 6.08 Å². The first-order valence-corrected chi connectivity index (χ1v) is 5.59. The second-order valence-electron chi connectivity index (χ2n) is 4.44. The lowest BCUT2D eigenvalue weighted by Gasteiger charge is -2.07. The Morgan fingerprint density at radius 2 is 1.94 bits per heavy atom. The molecule has 0 fully saturated rings. The fraction of sp³-hybridized carbons (Fsp3) is 0.308. The Morgan fingerprint density at radius 1 is 1.25 bits per heavy atom. The predicted octanol–water partition coefficient (Wildman–Crippen LogP) is 3.56. The highest BCUT2D eigenvalue weighted by atomic mass is 35.5. The van der Waals surface area contributed by atoms with Crippen molar-refractivity contribution < 1.29 is 4.74 Å². The number of hydrogen-bond donors (Lipinski definition) is 0. The zero-order chi connectivity index (χ0) is 11.6. The summed E-state index contributed by atoms with van der Waals surface area (Å²) in [5, 5.41) is 0.743. The second-order valence-corrected chi connectivity index (χ2v) is 4.87. The molecule has 0 spiro atoms. The molecule has 0 saturated heterocycles. The highest BCUT2D eigenvalue weighted by Gasteiger charge is 2.24. The summed E-state index contributed by atoms with van der Waals surface area (Å²) in [6, 6.07) is 7.64. The first-order chi connectivity index (χ1) is 7.55. The lowest BCUT2D eigenvalue weighted by atomic mass is 10.1. The fourth-order valence-corrected chi connectivity index (χ4v) is 1.57. The van der Waals surface area contributed by atoms with Crippen molar-refractivity contribution in [1.82, 2.24) is 0 Å². The van der Waals surface area contributed by atoms with Gasteiger partial charge in [-0.3, -0.25) is 0 Å². The molecule has 0 aliphatic carbocycles. The van der Waals surface area contributed by atoms with E-state index in [1.165, 1.54) is 0 Å². The zero-order valence-corrected chi connectivity index (χ0v) is 10.2. The summed E-state index contributed by atoms with van der Waals surface area (Å²) in [6.45, 7) is 4.75.